The molecule has 1 fully saturated rings. The van der Waals surface area contributed by atoms with Crippen LogP contribution in [0.4, 0.5) is 13.2 Å². The molecule has 2 nitrogen and oxygen atoms in total. The Morgan fingerprint density at radius 2 is 1.95 bits per heavy atom. The second kappa shape index (κ2) is 6.69. The summed E-state index contributed by atoms with van der Waals surface area (Å²) in [5.74, 6) is -0.0761. The maximum atomic E-state index is 12.6. The molecule has 0 saturated carbocycles. The lowest BCUT2D eigenvalue weighted by molar-refractivity contribution is -0.275. The van der Waals surface area contributed by atoms with Gasteiger partial charge in [0.15, 0.2) is 0 Å². The van der Waals surface area contributed by atoms with Crippen LogP contribution < -0.4 is 10.1 Å². The molecule has 0 spiro atoms. The third-order valence-corrected chi connectivity index (χ3v) is 4.05. The van der Waals surface area contributed by atoms with Crippen LogP contribution in [-0.2, 0) is 5.54 Å². The molecule has 1 unspecified atom stereocenters. The molecule has 1 atom stereocenters. The van der Waals surface area contributed by atoms with Crippen molar-refractivity contribution in [2.75, 3.05) is 6.54 Å². The van der Waals surface area contributed by atoms with E-state index in [4.69, 9.17) is 0 Å². The van der Waals surface area contributed by atoms with E-state index in [9.17, 15) is 13.2 Å². The summed E-state index contributed by atoms with van der Waals surface area (Å²) in [5.41, 5.74) is 0.221. The zero-order valence-electron chi connectivity index (χ0n) is 12.3. The Hall–Kier alpha value is -1.23. The van der Waals surface area contributed by atoms with E-state index in [1.807, 2.05) is 0 Å². The van der Waals surface area contributed by atoms with Crippen molar-refractivity contribution in [1.29, 1.82) is 0 Å². The first kappa shape index (κ1) is 16.1. The Morgan fingerprint density at radius 3 is 2.67 bits per heavy atom. The fourth-order valence-corrected chi connectivity index (χ4v) is 3.23. The van der Waals surface area contributed by atoms with E-state index >= 15 is 0 Å². The number of hydrogen-bond acceptors (Lipinski definition) is 2. The predicted octanol–water partition coefficient (Wildman–Crippen LogP) is 4.74. The van der Waals surface area contributed by atoms with E-state index in [-0.39, 0.29) is 5.75 Å². The van der Waals surface area contributed by atoms with Gasteiger partial charge in [-0.3, -0.25) is 0 Å². The summed E-state index contributed by atoms with van der Waals surface area (Å²) in [6.45, 7) is 2.89. The van der Waals surface area contributed by atoms with Crippen molar-refractivity contribution >= 4 is 0 Å². The molecule has 21 heavy (non-hydrogen) atoms. The molecular weight excluding hydrogens is 279 g/mol. The van der Waals surface area contributed by atoms with Crippen molar-refractivity contribution in [3.05, 3.63) is 29.8 Å². The largest absolute Gasteiger partial charge is 0.573 e. The molecule has 5 heteroatoms. The number of hydrogen-bond donors (Lipinski definition) is 1. The van der Waals surface area contributed by atoms with Crippen molar-refractivity contribution in [3.63, 3.8) is 0 Å². The average molecular weight is 301 g/mol. The number of nitrogens with one attached hydrogen (secondary N) is 1. The Balaban J connectivity index is 2.39. The third-order valence-electron chi connectivity index (χ3n) is 4.05. The van der Waals surface area contributed by atoms with E-state index in [2.05, 4.69) is 17.0 Å². The second-order valence-corrected chi connectivity index (χ2v) is 5.61. The molecule has 118 valence electrons. The Kier molecular flexibility index (Phi) is 5.14. The SMILES string of the molecule is CCCC1(c2ccccc2OC(F)(F)F)CCCCCN1. The van der Waals surface area contributed by atoms with Crippen LogP contribution in [0.5, 0.6) is 5.75 Å². The molecule has 0 radical (unpaired) electrons. The summed E-state index contributed by atoms with van der Waals surface area (Å²) in [6.07, 6.45) is 1.10. The number of benzene rings is 1. The standard InChI is InChI=1S/C16H22F3NO/c1-2-10-15(11-6-3-7-12-20-15)13-8-4-5-9-14(13)21-16(17,18)19/h4-5,8-9,20H,2-3,6-7,10-12H2,1H3. The van der Waals surface area contributed by atoms with Crippen LogP contribution in [0.15, 0.2) is 24.3 Å². The minimum Gasteiger partial charge on any atom is -0.405 e. The highest BCUT2D eigenvalue weighted by Crippen LogP contribution is 2.40. The summed E-state index contributed by atoms with van der Waals surface area (Å²) in [7, 11) is 0. The minimum absolute atomic E-state index is 0.0761. The molecule has 1 aliphatic heterocycles. The maximum Gasteiger partial charge on any atom is 0.573 e. The van der Waals surface area contributed by atoms with E-state index in [0.717, 1.165) is 45.1 Å². The van der Waals surface area contributed by atoms with Crippen molar-refractivity contribution in [2.45, 2.75) is 57.3 Å². The highest BCUT2D eigenvalue weighted by Gasteiger charge is 2.38. The molecule has 1 N–H and O–H groups in total. The molecular formula is C16H22F3NO. The van der Waals surface area contributed by atoms with Crippen molar-refractivity contribution in [1.82, 2.24) is 5.32 Å². The van der Waals surface area contributed by atoms with Gasteiger partial charge in [0.05, 0.1) is 0 Å². The van der Waals surface area contributed by atoms with Crippen molar-refractivity contribution < 1.29 is 17.9 Å². The van der Waals surface area contributed by atoms with Gasteiger partial charge in [0, 0.05) is 11.1 Å². The van der Waals surface area contributed by atoms with Gasteiger partial charge in [0.25, 0.3) is 0 Å². The van der Waals surface area contributed by atoms with Gasteiger partial charge < -0.3 is 10.1 Å². The number of halogens is 3. The number of rotatable bonds is 4. The molecule has 1 heterocycles. The van der Waals surface area contributed by atoms with Crippen LogP contribution >= 0.6 is 0 Å². The average Bonchev–Trinajstić information content (AvgIpc) is 2.64. The lowest BCUT2D eigenvalue weighted by Gasteiger charge is -2.35. The number of para-hydroxylation sites is 1. The summed E-state index contributed by atoms with van der Waals surface area (Å²) < 4.78 is 42.2. The molecule has 1 aliphatic rings. The zero-order valence-corrected chi connectivity index (χ0v) is 12.3. The molecule has 0 amide bonds. The van der Waals surface area contributed by atoms with Crippen LogP contribution in [0, 0.1) is 0 Å². The zero-order chi connectivity index (χ0) is 15.3. The third kappa shape index (κ3) is 4.13. The Bertz CT molecular complexity index is 451. The topological polar surface area (TPSA) is 21.3 Å². The summed E-state index contributed by atoms with van der Waals surface area (Å²) in [5, 5.41) is 3.49. The van der Waals surface area contributed by atoms with Crippen LogP contribution in [0.1, 0.15) is 51.0 Å². The summed E-state index contributed by atoms with van der Waals surface area (Å²) in [6, 6.07) is 6.53. The van der Waals surface area contributed by atoms with Crippen molar-refractivity contribution in [3.8, 4) is 5.75 Å². The van der Waals surface area contributed by atoms with Crippen molar-refractivity contribution in [2.24, 2.45) is 0 Å². The van der Waals surface area contributed by atoms with E-state index < -0.39 is 11.9 Å². The molecule has 0 aliphatic carbocycles. The number of alkyl halides is 3. The second-order valence-electron chi connectivity index (χ2n) is 5.61. The van der Waals surface area contributed by atoms with Crippen LogP contribution in [-0.4, -0.2) is 12.9 Å². The summed E-state index contributed by atoms with van der Waals surface area (Å²) >= 11 is 0. The molecule has 0 bridgehead atoms. The van der Waals surface area contributed by atoms with Crippen LogP contribution in [0.3, 0.4) is 0 Å². The smallest absolute Gasteiger partial charge is 0.405 e. The van der Waals surface area contributed by atoms with Gasteiger partial charge in [-0.25, -0.2) is 0 Å². The maximum absolute atomic E-state index is 12.6. The van der Waals surface area contributed by atoms with Gasteiger partial charge in [-0.2, -0.15) is 0 Å². The normalized spacial score (nSPS) is 23.6. The first-order valence-corrected chi connectivity index (χ1v) is 7.57. The Morgan fingerprint density at radius 1 is 1.19 bits per heavy atom. The van der Waals surface area contributed by atoms with Gasteiger partial charge in [0.1, 0.15) is 5.75 Å². The van der Waals surface area contributed by atoms with Gasteiger partial charge in [0.2, 0.25) is 0 Å². The quantitative estimate of drug-likeness (QED) is 0.867. The number of ether oxygens (including phenoxy) is 1. The van der Waals surface area contributed by atoms with E-state index in [1.54, 1.807) is 18.2 Å². The van der Waals surface area contributed by atoms with Gasteiger partial charge in [-0.1, -0.05) is 44.4 Å². The van der Waals surface area contributed by atoms with Crippen LogP contribution in [0.25, 0.3) is 0 Å². The van der Waals surface area contributed by atoms with E-state index in [1.165, 1.54) is 6.07 Å². The first-order chi connectivity index (χ1) is 9.97. The Labute approximate surface area is 123 Å². The molecule has 2 rings (SSSR count). The van der Waals surface area contributed by atoms with Gasteiger partial charge >= 0.3 is 6.36 Å². The summed E-state index contributed by atoms with van der Waals surface area (Å²) in [4.78, 5) is 0. The first-order valence-electron chi connectivity index (χ1n) is 7.57. The van der Waals surface area contributed by atoms with Gasteiger partial charge in [-0.05, 0) is 31.9 Å². The molecule has 1 saturated heterocycles. The predicted molar refractivity (Wildman–Crippen MR) is 76.2 cm³/mol. The highest BCUT2D eigenvalue weighted by atomic mass is 19.4. The van der Waals surface area contributed by atoms with Crippen LogP contribution in [0.2, 0.25) is 0 Å². The molecule has 1 aromatic rings. The lowest BCUT2D eigenvalue weighted by atomic mass is 9.81. The molecule has 0 aromatic heterocycles. The minimum atomic E-state index is -4.66. The fraction of sp³-hybridized carbons (Fsp3) is 0.625. The van der Waals surface area contributed by atoms with E-state index in [0.29, 0.717) is 5.56 Å². The highest BCUT2D eigenvalue weighted by molar-refractivity contribution is 5.39. The monoisotopic (exact) mass is 301 g/mol. The molecule has 1 aromatic carbocycles. The van der Waals surface area contributed by atoms with Gasteiger partial charge in [-0.15, -0.1) is 13.2 Å². The fourth-order valence-electron chi connectivity index (χ4n) is 3.23. The lowest BCUT2D eigenvalue weighted by Crippen LogP contribution is -2.42.